The largest absolute Gasteiger partial charge is 0.408 e. The van der Waals surface area contributed by atoms with E-state index in [-0.39, 0.29) is 31.1 Å². The van der Waals surface area contributed by atoms with Crippen molar-refractivity contribution in [3.63, 3.8) is 0 Å². The Morgan fingerprint density at radius 2 is 1.41 bits per heavy atom. The summed E-state index contributed by atoms with van der Waals surface area (Å²) in [4.78, 5) is 37.8. The Hall–Kier alpha value is -3.52. The Morgan fingerprint density at radius 1 is 0.778 bits per heavy atom. The highest BCUT2D eigenvalue weighted by atomic mass is 16.7. The molecule has 2 aromatic carbocycles. The molecule has 0 N–H and O–H groups in total. The van der Waals surface area contributed by atoms with Crippen molar-refractivity contribution in [3.8, 4) is 0 Å². The summed E-state index contributed by atoms with van der Waals surface area (Å²) in [5.74, 6) is 0. The van der Waals surface area contributed by atoms with Gasteiger partial charge in [-0.1, -0.05) is 24.3 Å². The van der Waals surface area contributed by atoms with E-state index in [0.29, 0.717) is 22.1 Å². The van der Waals surface area contributed by atoms with Gasteiger partial charge in [0.1, 0.15) is 18.9 Å². The van der Waals surface area contributed by atoms with Crippen molar-refractivity contribution in [1.82, 2.24) is 19.3 Å². The third-order valence-electron chi connectivity index (χ3n) is 4.04. The third kappa shape index (κ3) is 3.42. The van der Waals surface area contributed by atoms with E-state index in [1.165, 1.54) is 21.7 Å². The van der Waals surface area contributed by atoms with Crippen LogP contribution in [0.25, 0.3) is 22.1 Å². The van der Waals surface area contributed by atoms with Crippen LogP contribution in [0.15, 0.2) is 70.5 Å². The molecule has 8 nitrogen and oxygen atoms in total. The summed E-state index contributed by atoms with van der Waals surface area (Å²) in [7, 11) is 0. The Morgan fingerprint density at radius 3 is 2.19 bits per heavy atom. The predicted molar refractivity (Wildman–Crippen MR) is 99.4 cm³/mol. The van der Waals surface area contributed by atoms with Crippen LogP contribution in [0.3, 0.4) is 0 Å². The molecular weight excluding hydrogens is 348 g/mol. The highest BCUT2D eigenvalue weighted by molar-refractivity contribution is 5.74. The Balaban J connectivity index is 1.42. The Kier molecular flexibility index (Phi) is 4.63. The van der Waals surface area contributed by atoms with Crippen molar-refractivity contribution in [2.45, 2.75) is 6.73 Å². The van der Waals surface area contributed by atoms with Crippen LogP contribution in [0.4, 0.5) is 0 Å². The maximum absolute atomic E-state index is 12.0. The molecule has 2 heterocycles. The van der Waals surface area contributed by atoms with Crippen molar-refractivity contribution < 1.29 is 9.57 Å². The fraction of sp³-hybridized carbons (Fsp3) is 0.158. The monoisotopic (exact) mass is 364 g/mol. The fourth-order valence-electron chi connectivity index (χ4n) is 2.77. The number of hydrogen-bond acceptors (Lipinski definition) is 6. The third-order valence-corrected chi connectivity index (χ3v) is 4.04. The van der Waals surface area contributed by atoms with Crippen molar-refractivity contribution in [2.75, 3.05) is 13.2 Å². The Labute approximate surface area is 153 Å². The number of aromatic nitrogens is 4. The van der Waals surface area contributed by atoms with Gasteiger partial charge in [0.05, 0.1) is 35.6 Å². The van der Waals surface area contributed by atoms with E-state index in [1.807, 2.05) is 30.3 Å². The van der Waals surface area contributed by atoms with Gasteiger partial charge in [0.25, 0.3) is 5.56 Å². The quantitative estimate of drug-likeness (QED) is 0.478. The maximum Gasteiger partial charge on any atom is 0.302 e. The molecule has 0 aliphatic rings. The van der Waals surface area contributed by atoms with Gasteiger partial charge in [-0.2, -0.15) is 0 Å². The second-order valence-electron chi connectivity index (χ2n) is 5.76. The Bertz CT molecular complexity index is 1120. The fourth-order valence-corrected chi connectivity index (χ4v) is 2.77. The van der Waals surface area contributed by atoms with E-state index in [0.717, 1.165) is 0 Å². The zero-order valence-corrected chi connectivity index (χ0v) is 14.3. The lowest BCUT2D eigenvalue weighted by atomic mass is 10.3. The number of para-hydroxylation sites is 4. The van der Waals surface area contributed by atoms with Crippen LogP contribution in [0.1, 0.15) is 0 Å². The normalized spacial score (nSPS) is 11.1. The average Bonchev–Trinajstić information content (AvgIpc) is 2.70. The first-order valence-electron chi connectivity index (χ1n) is 8.36. The summed E-state index contributed by atoms with van der Waals surface area (Å²) in [6.45, 7) is 0.412. The first kappa shape index (κ1) is 16.9. The lowest BCUT2D eigenvalue weighted by molar-refractivity contribution is 0.0136. The van der Waals surface area contributed by atoms with E-state index in [4.69, 9.17) is 9.57 Å². The van der Waals surface area contributed by atoms with Gasteiger partial charge >= 0.3 is 5.56 Å². The van der Waals surface area contributed by atoms with Gasteiger partial charge in [0.2, 0.25) is 0 Å². The van der Waals surface area contributed by atoms with E-state index >= 15 is 0 Å². The number of fused-ring (bicyclic) bond motifs is 2. The molecule has 0 radical (unpaired) electrons. The standard InChI is InChI=1S/C19H16N4O4/c24-18-11-20-14-5-1-3-7-16(14)22(18)13-26-9-10-27-23-17-8-4-2-6-15(17)21-12-19(23)25/h1-8,11-12H,9-10,13H2. The van der Waals surface area contributed by atoms with Gasteiger partial charge < -0.3 is 9.57 Å². The molecule has 0 aliphatic carbocycles. The van der Waals surface area contributed by atoms with Crippen LogP contribution in [-0.4, -0.2) is 32.5 Å². The van der Waals surface area contributed by atoms with Gasteiger partial charge in [0.15, 0.2) is 0 Å². The second kappa shape index (κ2) is 7.38. The van der Waals surface area contributed by atoms with Crippen molar-refractivity contribution >= 4 is 22.1 Å². The molecule has 0 amide bonds. The number of hydrogen-bond donors (Lipinski definition) is 0. The van der Waals surface area contributed by atoms with Crippen molar-refractivity contribution in [2.24, 2.45) is 0 Å². The van der Waals surface area contributed by atoms with E-state index in [9.17, 15) is 9.59 Å². The summed E-state index contributed by atoms with van der Waals surface area (Å²) in [6.07, 6.45) is 2.48. The van der Waals surface area contributed by atoms with Crippen LogP contribution < -0.4 is 16.0 Å². The highest BCUT2D eigenvalue weighted by Crippen LogP contribution is 2.08. The number of rotatable bonds is 6. The van der Waals surface area contributed by atoms with E-state index in [1.54, 1.807) is 18.2 Å². The zero-order valence-electron chi connectivity index (χ0n) is 14.3. The molecule has 8 heteroatoms. The second-order valence-corrected chi connectivity index (χ2v) is 5.76. The SMILES string of the molecule is O=c1cnc2ccccc2n1COCCOn1c(=O)cnc2ccccc21. The van der Waals surface area contributed by atoms with Crippen LogP contribution >= 0.6 is 0 Å². The van der Waals surface area contributed by atoms with E-state index in [2.05, 4.69) is 9.97 Å². The lowest BCUT2D eigenvalue weighted by Crippen LogP contribution is -2.30. The molecule has 0 spiro atoms. The predicted octanol–water partition coefficient (Wildman–Crippen LogP) is 1.21. The lowest BCUT2D eigenvalue weighted by Gasteiger charge is -2.12. The molecule has 0 bridgehead atoms. The minimum atomic E-state index is -0.356. The van der Waals surface area contributed by atoms with Gasteiger partial charge in [-0.05, 0) is 24.3 Å². The zero-order chi connectivity index (χ0) is 18.6. The first-order chi connectivity index (χ1) is 13.2. The minimum absolute atomic E-state index is 0.0667. The van der Waals surface area contributed by atoms with Crippen LogP contribution in [0.2, 0.25) is 0 Å². The molecule has 0 aliphatic heterocycles. The van der Waals surface area contributed by atoms with Gasteiger partial charge in [-0.15, -0.1) is 4.73 Å². The molecule has 4 rings (SSSR count). The molecular formula is C19H16N4O4. The molecule has 0 fully saturated rings. The summed E-state index contributed by atoms with van der Waals surface area (Å²) < 4.78 is 8.25. The number of nitrogens with zero attached hydrogens (tertiary/aromatic N) is 4. The maximum atomic E-state index is 12.0. The topological polar surface area (TPSA) is 88.2 Å². The molecule has 2 aromatic heterocycles. The molecule has 27 heavy (non-hydrogen) atoms. The van der Waals surface area contributed by atoms with Crippen LogP contribution in [0, 0.1) is 0 Å². The number of benzene rings is 2. The van der Waals surface area contributed by atoms with Gasteiger partial charge in [-0.25, -0.2) is 9.97 Å². The van der Waals surface area contributed by atoms with Crippen molar-refractivity contribution in [1.29, 1.82) is 0 Å². The highest BCUT2D eigenvalue weighted by Gasteiger charge is 2.06. The molecule has 136 valence electrons. The number of ether oxygens (including phenoxy) is 1. The summed E-state index contributed by atoms with van der Waals surface area (Å²) in [5.41, 5.74) is 2.05. The van der Waals surface area contributed by atoms with Crippen LogP contribution in [0.5, 0.6) is 0 Å². The molecule has 0 saturated heterocycles. The molecule has 0 saturated carbocycles. The molecule has 0 unspecified atom stereocenters. The minimum Gasteiger partial charge on any atom is -0.408 e. The van der Waals surface area contributed by atoms with Gasteiger partial charge in [-0.3, -0.25) is 14.2 Å². The smallest absolute Gasteiger partial charge is 0.302 e. The molecule has 0 atom stereocenters. The first-order valence-corrected chi connectivity index (χ1v) is 8.36. The van der Waals surface area contributed by atoms with E-state index < -0.39 is 0 Å². The average molecular weight is 364 g/mol. The van der Waals surface area contributed by atoms with Gasteiger partial charge in [0, 0.05) is 0 Å². The molecule has 4 aromatic rings. The summed E-state index contributed by atoms with van der Waals surface area (Å²) in [6, 6.07) is 14.5. The van der Waals surface area contributed by atoms with Crippen LogP contribution in [-0.2, 0) is 11.5 Å². The summed E-state index contributed by atoms with van der Waals surface area (Å²) in [5, 5.41) is 0. The van der Waals surface area contributed by atoms with Crippen molar-refractivity contribution in [3.05, 3.63) is 81.6 Å². The summed E-state index contributed by atoms with van der Waals surface area (Å²) >= 11 is 0.